The van der Waals surface area contributed by atoms with Crippen molar-refractivity contribution in [2.45, 2.75) is 24.4 Å². The highest BCUT2D eigenvalue weighted by atomic mass is 32.1. The monoisotopic (exact) mass is 276 g/mol. The molecule has 1 saturated heterocycles. The first-order valence-corrected chi connectivity index (χ1v) is 6.77. The molecule has 3 unspecified atom stereocenters. The van der Waals surface area contributed by atoms with Crippen molar-refractivity contribution in [3.05, 3.63) is 40.9 Å². The fraction of sp³-hybridized carbons (Fsp3) is 0.333. The molecule has 2 aromatic rings. The van der Waals surface area contributed by atoms with E-state index in [2.05, 4.69) is 20.3 Å². The smallest absolute Gasteiger partial charge is 0.320 e. The molecule has 3 heterocycles. The van der Waals surface area contributed by atoms with E-state index in [0.29, 0.717) is 6.42 Å². The molecule has 1 fully saturated rings. The maximum atomic E-state index is 11.2. The molecule has 0 radical (unpaired) electrons. The molecule has 0 saturated carbocycles. The predicted molar refractivity (Wildman–Crippen MR) is 68.8 cm³/mol. The van der Waals surface area contributed by atoms with E-state index in [0.717, 1.165) is 10.6 Å². The van der Waals surface area contributed by atoms with Crippen LogP contribution in [0.4, 0.5) is 0 Å². The van der Waals surface area contributed by atoms with E-state index in [1.165, 1.54) is 11.3 Å². The third kappa shape index (κ3) is 2.34. The lowest BCUT2D eigenvalue weighted by Gasteiger charge is -2.16. The summed E-state index contributed by atoms with van der Waals surface area (Å²) in [4.78, 5) is 24.6. The maximum Gasteiger partial charge on any atom is 0.320 e. The summed E-state index contributed by atoms with van der Waals surface area (Å²) in [6.07, 6.45) is 7.23. The first kappa shape index (κ1) is 12.2. The van der Waals surface area contributed by atoms with Gasteiger partial charge in [-0.1, -0.05) is 0 Å². The van der Waals surface area contributed by atoms with Crippen LogP contribution in [0, 0.1) is 0 Å². The fourth-order valence-electron chi connectivity index (χ4n) is 2.42. The van der Waals surface area contributed by atoms with Crippen molar-refractivity contribution in [2.75, 3.05) is 0 Å². The van der Waals surface area contributed by atoms with E-state index in [4.69, 9.17) is 0 Å². The Morgan fingerprint density at radius 3 is 2.89 bits per heavy atom. The second-order valence-electron chi connectivity index (χ2n) is 4.41. The normalized spacial score (nSPS) is 26.4. The Morgan fingerprint density at radius 2 is 2.26 bits per heavy atom. The van der Waals surface area contributed by atoms with Gasteiger partial charge in [-0.05, 0) is 6.42 Å². The van der Waals surface area contributed by atoms with Crippen LogP contribution in [-0.2, 0) is 4.79 Å². The molecule has 6 nitrogen and oxygen atoms in total. The van der Waals surface area contributed by atoms with Crippen LogP contribution in [0.1, 0.15) is 29.0 Å². The van der Waals surface area contributed by atoms with E-state index < -0.39 is 12.0 Å². The highest BCUT2D eigenvalue weighted by Gasteiger charge is 2.40. The van der Waals surface area contributed by atoms with Crippen LogP contribution in [0.3, 0.4) is 0 Å². The minimum atomic E-state index is -0.832. The van der Waals surface area contributed by atoms with Gasteiger partial charge in [0.15, 0.2) is 0 Å². The number of rotatable bonds is 3. The molecular formula is C12H12N4O2S. The second-order valence-corrected chi connectivity index (χ2v) is 5.33. The number of nitrogens with one attached hydrogen (secondary N) is 1. The number of aliphatic carboxylic acids is 1. The van der Waals surface area contributed by atoms with Gasteiger partial charge in [0.1, 0.15) is 6.04 Å². The molecule has 0 aromatic carbocycles. The van der Waals surface area contributed by atoms with Crippen molar-refractivity contribution in [1.82, 2.24) is 20.3 Å². The minimum absolute atomic E-state index is 0.00949. The summed E-state index contributed by atoms with van der Waals surface area (Å²) in [5.74, 6) is -0.823. The van der Waals surface area contributed by atoms with Crippen LogP contribution >= 0.6 is 11.3 Å². The Hall–Kier alpha value is -1.86. The first-order chi connectivity index (χ1) is 9.25. The molecule has 2 aromatic heterocycles. The number of nitrogens with zero attached hydrogens (tertiary/aromatic N) is 3. The summed E-state index contributed by atoms with van der Waals surface area (Å²) in [5, 5.41) is 12.3. The van der Waals surface area contributed by atoms with Gasteiger partial charge in [-0.3, -0.25) is 25.1 Å². The van der Waals surface area contributed by atoms with Gasteiger partial charge in [0.25, 0.3) is 0 Å². The molecule has 19 heavy (non-hydrogen) atoms. The van der Waals surface area contributed by atoms with Crippen molar-refractivity contribution in [1.29, 1.82) is 0 Å². The number of carboxylic acid groups (broad SMARTS) is 1. The van der Waals surface area contributed by atoms with Gasteiger partial charge in [0.2, 0.25) is 0 Å². The zero-order chi connectivity index (χ0) is 13.2. The van der Waals surface area contributed by atoms with Crippen LogP contribution in [-0.4, -0.2) is 32.1 Å². The molecule has 98 valence electrons. The average molecular weight is 276 g/mol. The van der Waals surface area contributed by atoms with E-state index >= 15 is 0 Å². The van der Waals surface area contributed by atoms with Gasteiger partial charge >= 0.3 is 5.97 Å². The molecule has 1 aliphatic rings. The van der Waals surface area contributed by atoms with Gasteiger partial charge in [-0.2, -0.15) is 0 Å². The van der Waals surface area contributed by atoms with Crippen molar-refractivity contribution in [3.63, 3.8) is 0 Å². The minimum Gasteiger partial charge on any atom is -0.480 e. The molecule has 7 heteroatoms. The third-order valence-corrected chi connectivity index (χ3v) is 4.15. The van der Waals surface area contributed by atoms with E-state index in [9.17, 15) is 9.90 Å². The molecule has 0 spiro atoms. The second kappa shape index (κ2) is 5.02. The molecule has 2 N–H and O–H groups in total. The number of carboxylic acids is 1. The quantitative estimate of drug-likeness (QED) is 0.876. The molecule has 3 rings (SSSR count). The Balaban J connectivity index is 1.93. The van der Waals surface area contributed by atoms with Crippen LogP contribution < -0.4 is 5.32 Å². The number of thiazole rings is 1. The van der Waals surface area contributed by atoms with Crippen molar-refractivity contribution in [3.8, 4) is 0 Å². The highest BCUT2D eigenvalue weighted by molar-refractivity contribution is 7.09. The van der Waals surface area contributed by atoms with Crippen LogP contribution in [0.25, 0.3) is 0 Å². The number of carbonyl (C=O) groups is 1. The number of hydrogen-bond donors (Lipinski definition) is 2. The van der Waals surface area contributed by atoms with Gasteiger partial charge in [0.05, 0.1) is 17.2 Å². The van der Waals surface area contributed by atoms with Crippen molar-refractivity contribution < 1.29 is 9.90 Å². The zero-order valence-electron chi connectivity index (χ0n) is 9.93. The molecule has 1 aliphatic heterocycles. The summed E-state index contributed by atoms with van der Waals surface area (Å²) < 4.78 is 0. The summed E-state index contributed by atoms with van der Waals surface area (Å²) in [6, 6.07) is -0.621. The summed E-state index contributed by atoms with van der Waals surface area (Å²) in [5.41, 5.74) is 2.57. The Bertz CT molecular complexity index is 560. The van der Waals surface area contributed by atoms with E-state index in [1.54, 1.807) is 30.3 Å². The topological polar surface area (TPSA) is 88.0 Å². The van der Waals surface area contributed by atoms with Gasteiger partial charge < -0.3 is 5.11 Å². The lowest BCUT2D eigenvalue weighted by molar-refractivity contribution is -0.139. The van der Waals surface area contributed by atoms with Crippen molar-refractivity contribution in [2.24, 2.45) is 0 Å². The lowest BCUT2D eigenvalue weighted by Crippen LogP contribution is -2.31. The molecular weight excluding hydrogens is 264 g/mol. The van der Waals surface area contributed by atoms with E-state index in [1.807, 2.05) is 0 Å². The number of aromatic nitrogens is 3. The summed E-state index contributed by atoms with van der Waals surface area (Å²) in [7, 11) is 0. The third-order valence-electron chi connectivity index (χ3n) is 3.29. The Morgan fingerprint density at radius 1 is 1.37 bits per heavy atom. The molecule has 0 bridgehead atoms. The summed E-state index contributed by atoms with van der Waals surface area (Å²) in [6.45, 7) is 0. The van der Waals surface area contributed by atoms with Gasteiger partial charge in [0, 0.05) is 35.6 Å². The van der Waals surface area contributed by atoms with Gasteiger partial charge in [-0.15, -0.1) is 11.3 Å². The zero-order valence-corrected chi connectivity index (χ0v) is 10.7. The highest BCUT2D eigenvalue weighted by Crippen LogP contribution is 2.40. The SMILES string of the molecule is O=C(O)C1CC(c2cnccn2)C(c2cncs2)N1. The van der Waals surface area contributed by atoms with Gasteiger partial charge in [-0.25, -0.2) is 0 Å². The Kier molecular flexibility index (Phi) is 3.22. The maximum absolute atomic E-state index is 11.2. The first-order valence-electron chi connectivity index (χ1n) is 5.89. The summed E-state index contributed by atoms with van der Waals surface area (Å²) >= 11 is 1.52. The predicted octanol–water partition coefficient (Wildman–Crippen LogP) is 1.20. The Labute approximate surface area is 113 Å². The van der Waals surface area contributed by atoms with Crippen LogP contribution in [0.5, 0.6) is 0 Å². The average Bonchev–Trinajstić information content (AvgIpc) is 3.08. The molecule has 0 aliphatic carbocycles. The van der Waals surface area contributed by atoms with Crippen LogP contribution in [0.15, 0.2) is 30.3 Å². The van der Waals surface area contributed by atoms with E-state index in [-0.39, 0.29) is 12.0 Å². The lowest BCUT2D eigenvalue weighted by atomic mass is 9.95. The molecule has 0 amide bonds. The molecule has 3 atom stereocenters. The fourth-order valence-corrected chi connectivity index (χ4v) is 3.16. The van der Waals surface area contributed by atoms with Crippen molar-refractivity contribution >= 4 is 17.3 Å². The van der Waals surface area contributed by atoms with Crippen LogP contribution in [0.2, 0.25) is 0 Å². The number of hydrogen-bond acceptors (Lipinski definition) is 6. The standard InChI is InChI=1S/C12H12N4O2S/c17-12(18)8-3-7(9-4-13-1-2-15-9)11(16-8)10-5-14-6-19-10/h1-2,4-8,11,16H,3H2,(H,17,18). The largest absolute Gasteiger partial charge is 0.480 e.